The average molecular weight is 788 g/mol. The average Bonchev–Trinajstić information content (AvgIpc) is 3.74. The van der Waals surface area contributed by atoms with Crippen LogP contribution in [0.4, 0.5) is 4.39 Å². The van der Waals surface area contributed by atoms with E-state index in [0.717, 1.165) is 64.2 Å². The van der Waals surface area contributed by atoms with E-state index in [1.807, 2.05) is 27.7 Å². The first kappa shape index (κ1) is 42.4. The van der Waals surface area contributed by atoms with Gasteiger partial charge in [-0.3, -0.25) is 24.0 Å². The number of Topliss-reactive ketones (excluding diaryl/α,β-unsaturated/α-hetero) is 1. The molecule has 12 nitrogen and oxygen atoms in total. The fourth-order valence-electron chi connectivity index (χ4n) is 8.07. The van der Waals surface area contributed by atoms with Crippen molar-refractivity contribution in [3.05, 3.63) is 28.5 Å². The van der Waals surface area contributed by atoms with E-state index in [1.165, 1.54) is 11.0 Å². The van der Waals surface area contributed by atoms with Crippen molar-refractivity contribution in [2.45, 2.75) is 154 Å². The second kappa shape index (κ2) is 18.9. The number of hydrogen-bond acceptors (Lipinski definition) is 8. The fourth-order valence-corrected chi connectivity index (χ4v) is 8.34. The molecule has 3 saturated carbocycles. The molecule has 0 radical (unpaired) electrons. The summed E-state index contributed by atoms with van der Waals surface area (Å²) in [7, 11) is 0. The Labute approximate surface area is 329 Å². The number of hydrogen-bond donors (Lipinski definition) is 3. The number of nitrogens with zero attached hydrogens (tertiary/aromatic N) is 2. The van der Waals surface area contributed by atoms with Crippen LogP contribution in [-0.4, -0.2) is 82.9 Å². The van der Waals surface area contributed by atoms with Gasteiger partial charge in [-0.2, -0.15) is 0 Å². The molecule has 304 valence electrons. The van der Waals surface area contributed by atoms with Gasteiger partial charge in [-0.05, 0) is 68.9 Å². The number of amides is 4. The Morgan fingerprint density at radius 3 is 2.29 bits per heavy atom. The fraction of sp³-hybridized carbons (Fsp3) is 0.707. The largest absolute Gasteiger partial charge is 0.489 e. The molecule has 55 heavy (non-hydrogen) atoms. The standard InChI is InChI=1S/C39H53ClFN5O7.C2H6/c1-4-52-35-27(40)17-25(18-28(35)41)30-19-39(53-45-30)20-31(36(49)43-29(15-23-11-8-12-23)34(48)37(50)42-26-13-14-26)46(21-39)38(51)33(22(2)3)44-32(47)16-24-9-6-5-7-10-24;1-2/h17-18,22-24,26,29,31,33H,4-16,19-21H2,1-3H3,(H,42,50)(H,43,49)(H,44,47);1-2H3/t29?,31-,33-,39+;/m0./s1. The minimum atomic E-state index is -1.15. The monoisotopic (exact) mass is 787 g/mol. The van der Waals surface area contributed by atoms with Gasteiger partial charge < -0.3 is 30.4 Å². The Morgan fingerprint density at radius 2 is 1.69 bits per heavy atom. The van der Waals surface area contributed by atoms with E-state index in [1.54, 1.807) is 13.0 Å². The number of likely N-dealkylation sites (tertiary alicyclic amines) is 1. The predicted molar refractivity (Wildman–Crippen MR) is 207 cm³/mol. The van der Waals surface area contributed by atoms with Crippen molar-refractivity contribution < 1.29 is 37.9 Å². The molecule has 4 fully saturated rings. The van der Waals surface area contributed by atoms with Crippen molar-refractivity contribution in [3.63, 3.8) is 0 Å². The Balaban J connectivity index is 0.00000285. The number of benzene rings is 1. The molecule has 1 aromatic rings. The zero-order chi connectivity index (χ0) is 39.9. The van der Waals surface area contributed by atoms with Crippen LogP contribution in [0.15, 0.2) is 17.3 Å². The highest BCUT2D eigenvalue weighted by atomic mass is 35.5. The number of ketones is 1. The molecule has 4 amide bonds. The maximum Gasteiger partial charge on any atom is 0.289 e. The molecule has 1 aromatic carbocycles. The molecule has 0 aromatic heterocycles. The van der Waals surface area contributed by atoms with Crippen LogP contribution in [-0.2, 0) is 28.8 Å². The molecule has 14 heteroatoms. The summed E-state index contributed by atoms with van der Waals surface area (Å²) >= 11 is 6.36. The molecule has 1 saturated heterocycles. The Hall–Kier alpha value is -3.74. The summed E-state index contributed by atoms with van der Waals surface area (Å²) in [5.74, 6) is -3.21. The molecule has 6 rings (SSSR count). The molecule has 1 unspecified atom stereocenters. The molecule has 0 bridgehead atoms. The third kappa shape index (κ3) is 10.6. The van der Waals surface area contributed by atoms with Crippen LogP contribution in [0.25, 0.3) is 0 Å². The SMILES string of the molecule is CC.CCOc1c(F)cc(C2=NO[C@]3(C2)C[C@@H](C(=O)NC(CC2CCC2)C(=O)C(=O)NC2CC2)N(C(=O)[C@@H](NC(=O)CC2CCCCC2)C(C)C)C3)cc1Cl. The molecular formula is C41H59ClFN5O7. The number of ether oxygens (including phenoxy) is 1. The molecule has 3 aliphatic carbocycles. The lowest BCUT2D eigenvalue weighted by atomic mass is 9.80. The van der Waals surface area contributed by atoms with Crippen LogP contribution in [0.2, 0.25) is 5.02 Å². The smallest absolute Gasteiger partial charge is 0.289 e. The van der Waals surface area contributed by atoms with Crippen molar-refractivity contribution in [1.29, 1.82) is 0 Å². The number of carbonyl (C=O) groups excluding carboxylic acids is 5. The molecule has 1 spiro atoms. The third-order valence-corrected chi connectivity index (χ3v) is 11.7. The summed E-state index contributed by atoms with van der Waals surface area (Å²) in [5.41, 5.74) is -0.390. The van der Waals surface area contributed by atoms with E-state index in [4.69, 9.17) is 21.2 Å². The number of rotatable bonds is 15. The van der Waals surface area contributed by atoms with Gasteiger partial charge in [0, 0.05) is 30.9 Å². The lowest BCUT2D eigenvalue weighted by Gasteiger charge is -2.33. The van der Waals surface area contributed by atoms with E-state index in [-0.39, 0.29) is 66.5 Å². The second-order valence-corrected chi connectivity index (χ2v) is 16.5. The maximum atomic E-state index is 15.0. The maximum absolute atomic E-state index is 15.0. The molecular weight excluding hydrogens is 729 g/mol. The first-order chi connectivity index (χ1) is 26.4. The highest BCUT2D eigenvalue weighted by molar-refractivity contribution is 6.38. The molecule has 4 atom stereocenters. The zero-order valence-corrected chi connectivity index (χ0v) is 33.8. The highest BCUT2D eigenvalue weighted by Crippen LogP contribution is 2.41. The first-order valence-electron chi connectivity index (χ1n) is 20.5. The van der Waals surface area contributed by atoms with Gasteiger partial charge in [0.15, 0.2) is 17.2 Å². The normalized spacial score (nSPS) is 23.5. The van der Waals surface area contributed by atoms with Gasteiger partial charge in [-0.1, -0.05) is 83.0 Å². The molecule has 2 heterocycles. The summed E-state index contributed by atoms with van der Waals surface area (Å²) in [5, 5.41) is 12.9. The van der Waals surface area contributed by atoms with Crippen molar-refractivity contribution in [2.24, 2.45) is 22.9 Å². The van der Waals surface area contributed by atoms with Gasteiger partial charge in [0.25, 0.3) is 5.91 Å². The van der Waals surface area contributed by atoms with Crippen molar-refractivity contribution in [1.82, 2.24) is 20.9 Å². The van der Waals surface area contributed by atoms with Gasteiger partial charge in [-0.15, -0.1) is 0 Å². The topological polar surface area (TPSA) is 156 Å². The van der Waals surface area contributed by atoms with Crippen LogP contribution in [0.3, 0.4) is 0 Å². The van der Waals surface area contributed by atoms with Gasteiger partial charge in [0.05, 0.1) is 29.9 Å². The van der Waals surface area contributed by atoms with Crippen LogP contribution in [0, 0.1) is 23.6 Å². The van der Waals surface area contributed by atoms with Crippen molar-refractivity contribution in [2.75, 3.05) is 13.2 Å². The number of carbonyl (C=O) groups is 5. The van der Waals surface area contributed by atoms with Gasteiger partial charge >= 0.3 is 0 Å². The minimum Gasteiger partial charge on any atom is -0.489 e. The van der Waals surface area contributed by atoms with Crippen LogP contribution >= 0.6 is 11.6 Å². The van der Waals surface area contributed by atoms with E-state index in [9.17, 15) is 24.0 Å². The minimum absolute atomic E-state index is 0.0181. The summed E-state index contributed by atoms with van der Waals surface area (Å²) in [6.07, 6.45) is 10.6. The Bertz CT molecular complexity index is 1590. The summed E-state index contributed by atoms with van der Waals surface area (Å²) in [6.45, 7) is 9.59. The summed E-state index contributed by atoms with van der Waals surface area (Å²) in [6, 6.07) is -0.296. The lowest BCUT2D eigenvalue weighted by Crippen LogP contribution is -2.57. The molecule has 3 N–H and O–H groups in total. The van der Waals surface area contributed by atoms with Gasteiger partial charge in [-0.25, -0.2) is 4.39 Å². The second-order valence-electron chi connectivity index (χ2n) is 16.1. The lowest BCUT2D eigenvalue weighted by molar-refractivity contribution is -0.144. The Morgan fingerprint density at radius 1 is 1.00 bits per heavy atom. The number of nitrogens with one attached hydrogen (secondary N) is 3. The number of oxime groups is 1. The van der Waals surface area contributed by atoms with Gasteiger partial charge in [0.1, 0.15) is 12.1 Å². The van der Waals surface area contributed by atoms with Crippen molar-refractivity contribution >= 4 is 46.7 Å². The van der Waals surface area contributed by atoms with Crippen LogP contribution in [0.1, 0.15) is 130 Å². The van der Waals surface area contributed by atoms with Crippen molar-refractivity contribution in [3.8, 4) is 5.75 Å². The van der Waals surface area contributed by atoms with E-state index in [0.29, 0.717) is 24.1 Å². The highest BCUT2D eigenvalue weighted by Gasteiger charge is 2.55. The predicted octanol–water partition coefficient (Wildman–Crippen LogP) is 6.00. The van der Waals surface area contributed by atoms with E-state index >= 15 is 4.39 Å². The molecule has 2 aliphatic heterocycles. The number of halogens is 2. The van der Waals surface area contributed by atoms with Crippen LogP contribution in [0.5, 0.6) is 5.75 Å². The third-order valence-electron chi connectivity index (χ3n) is 11.5. The van der Waals surface area contributed by atoms with E-state index in [2.05, 4.69) is 21.1 Å². The zero-order valence-electron chi connectivity index (χ0n) is 33.0. The first-order valence-corrected chi connectivity index (χ1v) is 20.9. The summed E-state index contributed by atoms with van der Waals surface area (Å²) in [4.78, 5) is 76.0. The Kier molecular flexibility index (Phi) is 14.6. The quantitative estimate of drug-likeness (QED) is 0.184. The summed E-state index contributed by atoms with van der Waals surface area (Å²) < 4.78 is 20.4. The van der Waals surface area contributed by atoms with Gasteiger partial charge in [0.2, 0.25) is 23.5 Å². The molecule has 5 aliphatic rings. The van der Waals surface area contributed by atoms with Crippen LogP contribution < -0.4 is 20.7 Å². The van der Waals surface area contributed by atoms with E-state index < -0.39 is 53.0 Å².